The lowest BCUT2D eigenvalue weighted by Gasteiger charge is -2.05. The molecule has 0 unspecified atom stereocenters. The number of nitrogens with zero attached hydrogens (tertiary/aromatic N) is 1. The molecule has 0 saturated carbocycles. The summed E-state index contributed by atoms with van der Waals surface area (Å²) in [5.74, 6) is 1.87. The molecule has 0 radical (unpaired) electrons. The molecule has 0 heterocycles. The molecule has 0 aromatic heterocycles. The highest BCUT2D eigenvalue weighted by atomic mass is 35.5. The van der Waals surface area contributed by atoms with Crippen molar-refractivity contribution in [2.45, 2.75) is 6.54 Å². The average molecular weight is 287 g/mol. The van der Waals surface area contributed by atoms with Crippen LogP contribution in [0.5, 0.6) is 0 Å². The van der Waals surface area contributed by atoms with Crippen molar-refractivity contribution in [1.82, 2.24) is 5.32 Å². The van der Waals surface area contributed by atoms with Gasteiger partial charge >= 0.3 is 0 Å². The maximum Gasteiger partial charge on any atom is 0.275 e. The molecular weight excluding hydrogens is 272 g/mol. The van der Waals surface area contributed by atoms with Gasteiger partial charge in [0.2, 0.25) is 0 Å². The molecule has 0 fully saturated rings. The summed E-state index contributed by atoms with van der Waals surface area (Å²) in [6, 6.07) is 4.73. The van der Waals surface area contributed by atoms with Gasteiger partial charge in [0.15, 0.2) is 0 Å². The predicted octanol–water partition coefficient (Wildman–Crippen LogP) is 3.26. The van der Waals surface area contributed by atoms with Crippen molar-refractivity contribution in [3.8, 4) is 0 Å². The number of thioether (sulfide) groups is 1. The van der Waals surface area contributed by atoms with Gasteiger partial charge < -0.3 is 5.32 Å². The van der Waals surface area contributed by atoms with Crippen LogP contribution >= 0.6 is 23.4 Å². The highest BCUT2D eigenvalue weighted by molar-refractivity contribution is 7.99. The van der Waals surface area contributed by atoms with Gasteiger partial charge in [-0.1, -0.05) is 17.7 Å². The Hall–Kier alpha value is -1.04. The van der Waals surface area contributed by atoms with E-state index in [0.29, 0.717) is 17.1 Å². The minimum absolute atomic E-state index is 0.0637. The second-order valence-corrected chi connectivity index (χ2v) is 5.16. The SMILES string of the molecule is C=CCSCCNCc1ccc(Cl)cc1[N+](=O)[O-]. The molecule has 0 aliphatic rings. The van der Waals surface area contributed by atoms with Gasteiger partial charge in [0.05, 0.1) is 4.92 Å². The fourth-order valence-corrected chi connectivity index (χ4v) is 2.18. The van der Waals surface area contributed by atoms with Gasteiger partial charge in [0.1, 0.15) is 0 Å². The summed E-state index contributed by atoms with van der Waals surface area (Å²) in [6.07, 6.45) is 1.86. The Balaban J connectivity index is 2.46. The first kappa shape index (κ1) is 15.0. The number of hydrogen-bond donors (Lipinski definition) is 1. The van der Waals surface area contributed by atoms with Gasteiger partial charge in [0, 0.05) is 41.2 Å². The Morgan fingerprint density at radius 3 is 3.00 bits per heavy atom. The number of halogens is 1. The van der Waals surface area contributed by atoms with Crippen LogP contribution < -0.4 is 5.32 Å². The Morgan fingerprint density at radius 2 is 2.33 bits per heavy atom. The molecule has 98 valence electrons. The van der Waals surface area contributed by atoms with Crippen molar-refractivity contribution in [3.05, 3.63) is 51.6 Å². The van der Waals surface area contributed by atoms with Crippen LogP contribution in [0.4, 0.5) is 5.69 Å². The second kappa shape index (κ2) is 8.13. The molecule has 0 saturated heterocycles. The third-order valence-corrected chi connectivity index (χ3v) is 3.42. The van der Waals surface area contributed by atoms with Crippen LogP contribution in [0.3, 0.4) is 0 Å². The molecule has 0 amide bonds. The first-order chi connectivity index (χ1) is 8.65. The molecule has 1 N–H and O–H groups in total. The highest BCUT2D eigenvalue weighted by Gasteiger charge is 2.13. The Morgan fingerprint density at radius 1 is 1.56 bits per heavy atom. The third-order valence-electron chi connectivity index (χ3n) is 2.22. The first-order valence-corrected chi connectivity index (χ1v) is 7.00. The van der Waals surface area contributed by atoms with Gasteiger partial charge in [-0.05, 0) is 12.1 Å². The van der Waals surface area contributed by atoms with Crippen LogP contribution in [0.1, 0.15) is 5.56 Å². The minimum Gasteiger partial charge on any atom is -0.312 e. The molecule has 0 aliphatic heterocycles. The fraction of sp³-hybridized carbons (Fsp3) is 0.333. The Kier molecular flexibility index (Phi) is 6.78. The number of benzene rings is 1. The maximum atomic E-state index is 10.9. The van der Waals surface area contributed by atoms with Crippen LogP contribution in [0, 0.1) is 10.1 Å². The van der Waals surface area contributed by atoms with Gasteiger partial charge in [-0.3, -0.25) is 10.1 Å². The van der Waals surface area contributed by atoms with Crippen molar-refractivity contribution in [2.24, 2.45) is 0 Å². The van der Waals surface area contributed by atoms with Crippen molar-refractivity contribution in [3.63, 3.8) is 0 Å². The topological polar surface area (TPSA) is 55.2 Å². The van der Waals surface area contributed by atoms with Gasteiger partial charge in [-0.15, -0.1) is 6.58 Å². The number of nitro groups is 1. The van der Waals surface area contributed by atoms with Gasteiger partial charge in [-0.2, -0.15) is 11.8 Å². The quantitative estimate of drug-likeness (QED) is 0.345. The molecule has 1 aromatic rings. The van der Waals surface area contributed by atoms with E-state index in [1.54, 1.807) is 23.9 Å². The standard InChI is InChI=1S/C12H15ClN2O2S/c1-2-6-18-7-5-14-9-10-3-4-11(13)8-12(10)15(16)17/h2-4,8,14H,1,5-7,9H2. The number of nitro benzene ring substituents is 1. The molecule has 4 nitrogen and oxygen atoms in total. The Bertz CT molecular complexity index is 427. The summed E-state index contributed by atoms with van der Waals surface area (Å²) in [5, 5.41) is 14.4. The molecule has 0 bridgehead atoms. The van der Waals surface area contributed by atoms with E-state index in [0.717, 1.165) is 18.1 Å². The molecule has 1 rings (SSSR count). The summed E-state index contributed by atoms with van der Waals surface area (Å²) < 4.78 is 0. The summed E-state index contributed by atoms with van der Waals surface area (Å²) in [5.41, 5.74) is 0.715. The molecule has 1 aromatic carbocycles. The normalized spacial score (nSPS) is 10.3. The predicted molar refractivity (Wildman–Crippen MR) is 77.3 cm³/mol. The molecule has 18 heavy (non-hydrogen) atoms. The number of hydrogen-bond acceptors (Lipinski definition) is 4. The van der Waals surface area contributed by atoms with Crippen LogP contribution in [-0.2, 0) is 6.54 Å². The smallest absolute Gasteiger partial charge is 0.275 e. The van der Waals surface area contributed by atoms with E-state index in [1.165, 1.54) is 6.07 Å². The van der Waals surface area contributed by atoms with E-state index in [4.69, 9.17) is 11.6 Å². The Labute approximate surface area is 116 Å². The zero-order valence-corrected chi connectivity index (χ0v) is 11.5. The number of rotatable bonds is 8. The van der Waals surface area contributed by atoms with Crippen LogP contribution in [0.15, 0.2) is 30.9 Å². The zero-order chi connectivity index (χ0) is 13.4. The molecule has 0 spiro atoms. The van der Waals surface area contributed by atoms with Crippen molar-refractivity contribution >= 4 is 29.1 Å². The summed E-state index contributed by atoms with van der Waals surface area (Å²) in [4.78, 5) is 10.4. The molecule has 0 atom stereocenters. The van der Waals surface area contributed by atoms with E-state index in [2.05, 4.69) is 11.9 Å². The van der Waals surface area contributed by atoms with Crippen molar-refractivity contribution in [2.75, 3.05) is 18.1 Å². The van der Waals surface area contributed by atoms with Crippen LogP contribution in [0.25, 0.3) is 0 Å². The lowest BCUT2D eigenvalue weighted by Crippen LogP contribution is -2.17. The van der Waals surface area contributed by atoms with E-state index in [1.807, 2.05) is 6.08 Å². The van der Waals surface area contributed by atoms with E-state index < -0.39 is 4.92 Å². The summed E-state index contributed by atoms with van der Waals surface area (Å²) >= 11 is 7.51. The van der Waals surface area contributed by atoms with Crippen LogP contribution in [0.2, 0.25) is 5.02 Å². The minimum atomic E-state index is -0.407. The maximum absolute atomic E-state index is 10.9. The van der Waals surface area contributed by atoms with Gasteiger partial charge in [0.25, 0.3) is 5.69 Å². The van der Waals surface area contributed by atoms with Gasteiger partial charge in [-0.25, -0.2) is 0 Å². The summed E-state index contributed by atoms with van der Waals surface area (Å²) in [7, 11) is 0. The lowest BCUT2D eigenvalue weighted by atomic mass is 10.2. The van der Waals surface area contributed by atoms with E-state index in [9.17, 15) is 10.1 Å². The van der Waals surface area contributed by atoms with E-state index in [-0.39, 0.29) is 5.69 Å². The monoisotopic (exact) mass is 286 g/mol. The second-order valence-electron chi connectivity index (χ2n) is 3.57. The average Bonchev–Trinajstić information content (AvgIpc) is 2.35. The molecule has 0 aliphatic carbocycles. The fourth-order valence-electron chi connectivity index (χ4n) is 1.39. The third kappa shape index (κ3) is 5.08. The van der Waals surface area contributed by atoms with Crippen LogP contribution in [-0.4, -0.2) is 23.0 Å². The lowest BCUT2D eigenvalue weighted by molar-refractivity contribution is -0.385. The molecule has 6 heteroatoms. The van der Waals surface area contributed by atoms with E-state index >= 15 is 0 Å². The largest absolute Gasteiger partial charge is 0.312 e. The zero-order valence-electron chi connectivity index (χ0n) is 9.89. The number of nitrogens with one attached hydrogen (secondary N) is 1. The van der Waals surface area contributed by atoms with Crippen molar-refractivity contribution in [1.29, 1.82) is 0 Å². The summed E-state index contributed by atoms with van der Waals surface area (Å²) in [6.45, 7) is 4.91. The first-order valence-electron chi connectivity index (χ1n) is 5.47. The van der Waals surface area contributed by atoms with Crippen molar-refractivity contribution < 1.29 is 4.92 Å². The highest BCUT2D eigenvalue weighted by Crippen LogP contribution is 2.22. The molecular formula is C12H15ClN2O2S.